The molecule has 19 heavy (non-hydrogen) atoms. The van der Waals surface area contributed by atoms with Crippen molar-refractivity contribution in [3.8, 4) is 11.1 Å². The monoisotopic (exact) mass is 314 g/mol. The second kappa shape index (κ2) is 4.14. The summed E-state index contributed by atoms with van der Waals surface area (Å²) >= 11 is 3.37. The number of carbonyl (C=O) groups excluding carboxylic acids is 2. The third kappa shape index (κ3) is 1.69. The standard InChI is InChI=1S/C16H11BrO2/c1-8-6-9(2)13-10-4-3-5-12(17)14(10)16(19)15(18)11(13)7-8/h3-7H,1-2H3. The van der Waals surface area contributed by atoms with Crippen molar-refractivity contribution >= 4 is 27.5 Å². The lowest BCUT2D eigenvalue weighted by molar-refractivity contribution is 0.0815. The zero-order chi connectivity index (χ0) is 13.7. The molecule has 3 heteroatoms. The molecule has 2 aromatic carbocycles. The molecule has 2 nitrogen and oxygen atoms in total. The van der Waals surface area contributed by atoms with Crippen LogP contribution in [0.1, 0.15) is 31.8 Å². The van der Waals surface area contributed by atoms with Gasteiger partial charge in [0.1, 0.15) is 0 Å². The van der Waals surface area contributed by atoms with E-state index in [-0.39, 0.29) is 0 Å². The van der Waals surface area contributed by atoms with Gasteiger partial charge in [-0.2, -0.15) is 0 Å². The maximum atomic E-state index is 12.3. The van der Waals surface area contributed by atoms with Gasteiger partial charge in [-0.15, -0.1) is 0 Å². The van der Waals surface area contributed by atoms with Gasteiger partial charge < -0.3 is 0 Å². The molecule has 0 heterocycles. The van der Waals surface area contributed by atoms with E-state index in [0.717, 1.165) is 22.3 Å². The van der Waals surface area contributed by atoms with Gasteiger partial charge in [0, 0.05) is 15.6 Å². The molecule has 0 radical (unpaired) electrons. The van der Waals surface area contributed by atoms with Crippen LogP contribution in [-0.2, 0) is 0 Å². The molecule has 0 saturated carbocycles. The van der Waals surface area contributed by atoms with E-state index in [1.54, 1.807) is 12.1 Å². The van der Waals surface area contributed by atoms with Gasteiger partial charge in [0.15, 0.2) is 0 Å². The third-order valence-corrected chi connectivity index (χ3v) is 4.10. The van der Waals surface area contributed by atoms with Gasteiger partial charge in [0.05, 0.1) is 0 Å². The Hall–Kier alpha value is -1.74. The van der Waals surface area contributed by atoms with Gasteiger partial charge in [0.25, 0.3) is 0 Å². The average Bonchev–Trinajstić information content (AvgIpc) is 2.35. The fourth-order valence-corrected chi connectivity index (χ4v) is 3.25. The average molecular weight is 315 g/mol. The molecule has 0 fully saturated rings. The Morgan fingerprint density at radius 1 is 0.895 bits per heavy atom. The first-order valence-corrected chi connectivity index (χ1v) is 6.79. The summed E-state index contributed by atoms with van der Waals surface area (Å²) in [4.78, 5) is 24.5. The molecule has 0 bridgehead atoms. The fraction of sp³-hybridized carbons (Fsp3) is 0.125. The highest BCUT2D eigenvalue weighted by Gasteiger charge is 2.32. The fourth-order valence-electron chi connectivity index (χ4n) is 2.70. The van der Waals surface area contributed by atoms with E-state index in [2.05, 4.69) is 15.9 Å². The van der Waals surface area contributed by atoms with Gasteiger partial charge in [-0.05, 0) is 42.7 Å². The van der Waals surface area contributed by atoms with Crippen molar-refractivity contribution in [2.24, 2.45) is 0 Å². The summed E-state index contributed by atoms with van der Waals surface area (Å²) in [6, 6.07) is 9.40. The Labute approximate surface area is 119 Å². The largest absolute Gasteiger partial charge is 0.285 e. The predicted molar refractivity (Wildman–Crippen MR) is 77.7 cm³/mol. The molecule has 0 aliphatic heterocycles. The topological polar surface area (TPSA) is 34.1 Å². The minimum Gasteiger partial charge on any atom is -0.285 e. The molecular weight excluding hydrogens is 304 g/mol. The number of hydrogen-bond acceptors (Lipinski definition) is 2. The van der Waals surface area contributed by atoms with E-state index in [0.29, 0.717) is 15.6 Å². The van der Waals surface area contributed by atoms with Crippen LogP contribution in [0.25, 0.3) is 11.1 Å². The van der Waals surface area contributed by atoms with Crippen molar-refractivity contribution in [2.45, 2.75) is 13.8 Å². The van der Waals surface area contributed by atoms with Gasteiger partial charge in [-0.3, -0.25) is 9.59 Å². The van der Waals surface area contributed by atoms with E-state index < -0.39 is 11.6 Å². The number of aryl methyl sites for hydroxylation is 2. The lowest BCUT2D eigenvalue weighted by Crippen LogP contribution is -2.22. The van der Waals surface area contributed by atoms with E-state index in [1.807, 2.05) is 32.0 Å². The van der Waals surface area contributed by atoms with E-state index in [1.165, 1.54) is 0 Å². The molecule has 0 aromatic heterocycles. The second-order valence-electron chi connectivity index (χ2n) is 4.83. The van der Waals surface area contributed by atoms with Crippen LogP contribution in [0.5, 0.6) is 0 Å². The third-order valence-electron chi connectivity index (χ3n) is 3.44. The molecule has 3 rings (SSSR count). The molecule has 0 unspecified atom stereocenters. The minimum atomic E-state index is -0.431. The van der Waals surface area contributed by atoms with Crippen LogP contribution in [0.3, 0.4) is 0 Å². The van der Waals surface area contributed by atoms with Crippen LogP contribution in [0.2, 0.25) is 0 Å². The zero-order valence-electron chi connectivity index (χ0n) is 10.6. The van der Waals surface area contributed by atoms with Crippen LogP contribution < -0.4 is 0 Å². The Balaban J connectivity index is 2.47. The number of ketones is 2. The van der Waals surface area contributed by atoms with Crippen molar-refractivity contribution < 1.29 is 9.59 Å². The Morgan fingerprint density at radius 3 is 2.37 bits per heavy atom. The number of carbonyl (C=O) groups is 2. The second-order valence-corrected chi connectivity index (χ2v) is 5.68. The number of hydrogen-bond donors (Lipinski definition) is 0. The molecule has 94 valence electrons. The van der Waals surface area contributed by atoms with E-state index in [4.69, 9.17) is 0 Å². The van der Waals surface area contributed by atoms with Crippen LogP contribution in [0.4, 0.5) is 0 Å². The first-order chi connectivity index (χ1) is 9.00. The van der Waals surface area contributed by atoms with Gasteiger partial charge in [0.2, 0.25) is 11.6 Å². The van der Waals surface area contributed by atoms with E-state index >= 15 is 0 Å². The van der Waals surface area contributed by atoms with Crippen molar-refractivity contribution in [3.05, 3.63) is 57.1 Å². The van der Waals surface area contributed by atoms with Crippen molar-refractivity contribution in [3.63, 3.8) is 0 Å². The number of rotatable bonds is 0. The van der Waals surface area contributed by atoms with E-state index in [9.17, 15) is 9.59 Å². The zero-order valence-corrected chi connectivity index (χ0v) is 12.2. The Bertz CT molecular complexity index is 745. The van der Waals surface area contributed by atoms with Crippen LogP contribution in [0, 0.1) is 13.8 Å². The molecule has 0 N–H and O–H groups in total. The van der Waals surface area contributed by atoms with Crippen molar-refractivity contribution in [2.75, 3.05) is 0 Å². The SMILES string of the molecule is Cc1cc(C)c2c(c1)C(=O)C(=O)c1c(Br)cccc1-2. The number of benzene rings is 2. The summed E-state index contributed by atoms with van der Waals surface area (Å²) in [7, 11) is 0. The maximum absolute atomic E-state index is 12.3. The summed E-state index contributed by atoms with van der Waals surface area (Å²) in [6.07, 6.45) is 0. The summed E-state index contributed by atoms with van der Waals surface area (Å²) in [5.41, 5.74) is 4.74. The smallest absolute Gasteiger partial charge is 0.235 e. The van der Waals surface area contributed by atoms with Gasteiger partial charge in [-0.1, -0.05) is 39.7 Å². The predicted octanol–water partition coefficient (Wildman–Crippen LogP) is 4.11. The normalized spacial score (nSPS) is 13.2. The lowest BCUT2D eigenvalue weighted by Gasteiger charge is -2.21. The summed E-state index contributed by atoms with van der Waals surface area (Å²) < 4.78 is 0.675. The summed E-state index contributed by atoms with van der Waals surface area (Å²) in [5.74, 6) is -0.846. The molecule has 0 amide bonds. The first-order valence-electron chi connectivity index (χ1n) is 6.00. The Morgan fingerprint density at radius 2 is 1.63 bits per heavy atom. The quantitative estimate of drug-likeness (QED) is 0.686. The van der Waals surface area contributed by atoms with Gasteiger partial charge in [-0.25, -0.2) is 0 Å². The highest BCUT2D eigenvalue weighted by Crippen LogP contribution is 2.39. The van der Waals surface area contributed by atoms with Crippen molar-refractivity contribution in [1.82, 2.24) is 0 Å². The number of fused-ring (bicyclic) bond motifs is 3. The Kier molecular flexibility index (Phi) is 2.68. The molecule has 1 aliphatic carbocycles. The highest BCUT2D eigenvalue weighted by atomic mass is 79.9. The molecule has 0 spiro atoms. The molecular formula is C16H11BrO2. The first kappa shape index (κ1) is 12.3. The molecule has 0 atom stereocenters. The maximum Gasteiger partial charge on any atom is 0.235 e. The summed E-state index contributed by atoms with van der Waals surface area (Å²) in [5, 5.41) is 0. The molecule has 2 aromatic rings. The number of Topliss-reactive ketones (excluding diaryl/α,β-unsaturated/α-hetero) is 2. The summed E-state index contributed by atoms with van der Waals surface area (Å²) in [6.45, 7) is 3.90. The minimum absolute atomic E-state index is 0.416. The molecule has 1 aliphatic rings. The highest BCUT2D eigenvalue weighted by molar-refractivity contribution is 9.10. The number of halogens is 1. The van der Waals surface area contributed by atoms with Crippen LogP contribution in [-0.4, -0.2) is 11.6 Å². The van der Waals surface area contributed by atoms with Crippen LogP contribution in [0.15, 0.2) is 34.8 Å². The van der Waals surface area contributed by atoms with Crippen LogP contribution >= 0.6 is 15.9 Å². The van der Waals surface area contributed by atoms with Crippen molar-refractivity contribution in [1.29, 1.82) is 0 Å². The lowest BCUT2D eigenvalue weighted by atomic mass is 9.81. The molecule has 0 saturated heterocycles. The van der Waals surface area contributed by atoms with Gasteiger partial charge >= 0.3 is 0 Å².